The molecule has 0 radical (unpaired) electrons. The Hall–Kier alpha value is -3.15. The van der Waals surface area contributed by atoms with Gasteiger partial charge in [0.25, 0.3) is 0 Å². The summed E-state index contributed by atoms with van der Waals surface area (Å²) >= 11 is 0. The molecule has 2 aromatic carbocycles. The molecule has 0 N–H and O–H groups in total. The molecule has 3 aromatic rings. The summed E-state index contributed by atoms with van der Waals surface area (Å²) in [6.45, 7) is 0.912. The molecule has 5 rings (SSSR count). The Morgan fingerprint density at radius 3 is 2.84 bits per heavy atom. The van der Waals surface area contributed by atoms with Crippen LogP contribution in [0.4, 0.5) is 0 Å². The molecular weight excluding hydrogens is 322 g/mol. The number of ether oxygens (including phenoxy) is 4. The molecule has 1 aromatic heterocycles. The maximum atomic E-state index is 5.67. The van der Waals surface area contributed by atoms with Crippen LogP contribution < -0.4 is 18.9 Å². The molecular formula is C19H15NO5. The van der Waals surface area contributed by atoms with Gasteiger partial charge in [0.1, 0.15) is 5.75 Å². The molecule has 0 spiro atoms. The summed E-state index contributed by atoms with van der Waals surface area (Å²) in [6.07, 6.45) is 2.66. The molecule has 0 aliphatic carbocycles. The predicted octanol–water partition coefficient (Wildman–Crippen LogP) is 3.68. The fourth-order valence-corrected chi connectivity index (χ4v) is 3.25. The second-order valence-electron chi connectivity index (χ2n) is 5.90. The van der Waals surface area contributed by atoms with Gasteiger partial charge in [-0.1, -0.05) is 17.3 Å². The van der Waals surface area contributed by atoms with E-state index in [0.29, 0.717) is 23.0 Å². The molecule has 0 atom stereocenters. The van der Waals surface area contributed by atoms with Crippen molar-refractivity contribution in [1.29, 1.82) is 0 Å². The molecule has 6 nitrogen and oxygen atoms in total. The Bertz CT molecular complexity index is 962. The van der Waals surface area contributed by atoms with Crippen LogP contribution in [0.3, 0.4) is 0 Å². The normalized spacial score (nSPS) is 14.3. The lowest BCUT2D eigenvalue weighted by molar-refractivity contribution is 0.171. The standard InChI is InChI=1S/C19H15NO5/c1-21-16-7-13(8-17-19(16)24-10-23-17)18-14(9-20-25-18)12-3-2-11-4-5-22-15(11)6-12/h2-3,6-9H,4-5,10H2,1H3. The Morgan fingerprint density at radius 1 is 1.00 bits per heavy atom. The van der Waals surface area contributed by atoms with E-state index in [4.69, 9.17) is 23.5 Å². The molecule has 0 bridgehead atoms. The quantitative estimate of drug-likeness (QED) is 0.726. The smallest absolute Gasteiger partial charge is 0.231 e. The van der Waals surface area contributed by atoms with Crippen LogP contribution in [-0.2, 0) is 6.42 Å². The van der Waals surface area contributed by atoms with Gasteiger partial charge in [-0.05, 0) is 29.3 Å². The fraction of sp³-hybridized carbons (Fsp3) is 0.211. The summed E-state index contributed by atoms with van der Waals surface area (Å²) in [5.74, 6) is 3.42. The van der Waals surface area contributed by atoms with Crippen molar-refractivity contribution in [2.75, 3.05) is 20.5 Å². The first-order chi connectivity index (χ1) is 12.3. The van der Waals surface area contributed by atoms with Crippen LogP contribution in [0.2, 0.25) is 0 Å². The van der Waals surface area contributed by atoms with Gasteiger partial charge in [-0.3, -0.25) is 0 Å². The number of benzene rings is 2. The maximum absolute atomic E-state index is 5.67. The predicted molar refractivity (Wildman–Crippen MR) is 89.2 cm³/mol. The number of hydrogen-bond donors (Lipinski definition) is 0. The zero-order valence-electron chi connectivity index (χ0n) is 13.6. The van der Waals surface area contributed by atoms with Crippen molar-refractivity contribution in [1.82, 2.24) is 5.16 Å². The maximum Gasteiger partial charge on any atom is 0.231 e. The Labute approximate surface area is 143 Å². The van der Waals surface area contributed by atoms with Crippen LogP contribution in [0.5, 0.6) is 23.0 Å². The number of rotatable bonds is 3. The molecule has 2 aliphatic heterocycles. The van der Waals surface area contributed by atoms with E-state index < -0.39 is 0 Å². The highest BCUT2D eigenvalue weighted by atomic mass is 16.7. The minimum absolute atomic E-state index is 0.181. The van der Waals surface area contributed by atoms with Crippen LogP contribution >= 0.6 is 0 Å². The summed E-state index contributed by atoms with van der Waals surface area (Å²) in [5.41, 5.74) is 3.93. The van der Waals surface area contributed by atoms with Crippen LogP contribution in [0.15, 0.2) is 41.1 Å². The van der Waals surface area contributed by atoms with Crippen LogP contribution in [0, 0.1) is 0 Å². The third-order valence-electron chi connectivity index (χ3n) is 4.50. The fourth-order valence-electron chi connectivity index (χ4n) is 3.25. The number of nitrogens with zero attached hydrogens (tertiary/aromatic N) is 1. The highest BCUT2D eigenvalue weighted by Crippen LogP contribution is 2.46. The van der Waals surface area contributed by atoms with Gasteiger partial charge in [-0.15, -0.1) is 0 Å². The Morgan fingerprint density at radius 2 is 1.92 bits per heavy atom. The van der Waals surface area contributed by atoms with Crippen molar-refractivity contribution in [3.05, 3.63) is 42.1 Å². The third-order valence-corrected chi connectivity index (χ3v) is 4.50. The minimum atomic E-state index is 0.181. The van der Waals surface area contributed by atoms with E-state index in [0.717, 1.165) is 35.5 Å². The van der Waals surface area contributed by atoms with Gasteiger partial charge in [0, 0.05) is 17.5 Å². The lowest BCUT2D eigenvalue weighted by atomic mass is 10.00. The van der Waals surface area contributed by atoms with E-state index >= 15 is 0 Å². The first kappa shape index (κ1) is 14.2. The Balaban J connectivity index is 1.62. The molecule has 2 aliphatic rings. The van der Waals surface area contributed by atoms with Crippen molar-refractivity contribution in [2.24, 2.45) is 0 Å². The van der Waals surface area contributed by atoms with E-state index in [1.807, 2.05) is 18.2 Å². The van der Waals surface area contributed by atoms with E-state index in [1.165, 1.54) is 5.56 Å². The summed E-state index contributed by atoms with van der Waals surface area (Å²) in [5, 5.41) is 3.99. The number of hydrogen-bond acceptors (Lipinski definition) is 6. The summed E-state index contributed by atoms with van der Waals surface area (Å²) in [7, 11) is 1.60. The molecule has 6 heteroatoms. The number of fused-ring (bicyclic) bond motifs is 2. The molecule has 0 fully saturated rings. The SMILES string of the molecule is COc1cc(-c2oncc2-c2ccc3c(c2)OCC3)cc2c1OCO2. The van der Waals surface area contributed by atoms with Gasteiger partial charge in [-0.2, -0.15) is 0 Å². The van der Waals surface area contributed by atoms with Crippen LogP contribution in [-0.4, -0.2) is 25.7 Å². The minimum Gasteiger partial charge on any atom is -0.493 e. The van der Waals surface area contributed by atoms with Gasteiger partial charge in [-0.25, -0.2) is 0 Å². The van der Waals surface area contributed by atoms with Crippen molar-refractivity contribution in [3.63, 3.8) is 0 Å². The summed E-state index contributed by atoms with van der Waals surface area (Å²) in [6, 6.07) is 9.92. The summed E-state index contributed by atoms with van der Waals surface area (Å²) in [4.78, 5) is 0. The van der Waals surface area contributed by atoms with E-state index in [1.54, 1.807) is 13.3 Å². The zero-order chi connectivity index (χ0) is 16.8. The van der Waals surface area contributed by atoms with Crippen molar-refractivity contribution >= 4 is 0 Å². The molecule has 0 unspecified atom stereocenters. The van der Waals surface area contributed by atoms with Crippen molar-refractivity contribution in [2.45, 2.75) is 6.42 Å². The molecule has 0 saturated carbocycles. The molecule has 0 saturated heterocycles. The highest BCUT2D eigenvalue weighted by Gasteiger charge is 2.24. The topological polar surface area (TPSA) is 63.0 Å². The van der Waals surface area contributed by atoms with Gasteiger partial charge in [0.15, 0.2) is 17.3 Å². The third kappa shape index (κ3) is 2.21. The largest absolute Gasteiger partial charge is 0.493 e. The molecule has 25 heavy (non-hydrogen) atoms. The number of aromatic nitrogens is 1. The lowest BCUT2D eigenvalue weighted by Gasteiger charge is -2.08. The van der Waals surface area contributed by atoms with Gasteiger partial charge >= 0.3 is 0 Å². The average molecular weight is 337 g/mol. The monoisotopic (exact) mass is 337 g/mol. The van der Waals surface area contributed by atoms with Gasteiger partial charge < -0.3 is 23.5 Å². The molecule has 3 heterocycles. The molecule has 0 amide bonds. The van der Waals surface area contributed by atoms with Gasteiger partial charge in [0.2, 0.25) is 12.5 Å². The highest BCUT2D eigenvalue weighted by molar-refractivity contribution is 5.82. The first-order valence-corrected chi connectivity index (χ1v) is 8.02. The van der Waals surface area contributed by atoms with E-state index in [2.05, 4.69) is 17.3 Å². The number of methoxy groups -OCH3 is 1. The lowest BCUT2D eigenvalue weighted by Crippen LogP contribution is -1.93. The second-order valence-corrected chi connectivity index (χ2v) is 5.90. The van der Waals surface area contributed by atoms with E-state index in [9.17, 15) is 0 Å². The second kappa shape index (κ2) is 5.44. The average Bonchev–Trinajstić information content (AvgIpc) is 3.38. The van der Waals surface area contributed by atoms with Crippen LogP contribution in [0.1, 0.15) is 5.56 Å². The van der Waals surface area contributed by atoms with Crippen molar-refractivity contribution in [3.8, 4) is 45.4 Å². The zero-order valence-corrected chi connectivity index (χ0v) is 13.6. The van der Waals surface area contributed by atoms with E-state index in [-0.39, 0.29) is 6.79 Å². The molecule has 126 valence electrons. The Kier molecular flexibility index (Phi) is 3.09. The summed E-state index contributed by atoms with van der Waals surface area (Å²) < 4.78 is 27.6. The van der Waals surface area contributed by atoms with Gasteiger partial charge in [0.05, 0.1) is 19.9 Å². The van der Waals surface area contributed by atoms with Crippen LogP contribution in [0.25, 0.3) is 22.5 Å². The first-order valence-electron chi connectivity index (χ1n) is 8.02. The van der Waals surface area contributed by atoms with Crippen molar-refractivity contribution < 1.29 is 23.5 Å².